The molecule has 0 unspecified atom stereocenters. The zero-order chi connectivity index (χ0) is 13.3. The van der Waals surface area contributed by atoms with Gasteiger partial charge in [-0.05, 0) is 42.5 Å². The number of fused-ring (bicyclic) bond motifs is 1. The first kappa shape index (κ1) is 12.5. The average molecular weight is 261 g/mol. The number of nitrogens with one attached hydrogen (secondary N) is 1. The highest BCUT2D eigenvalue weighted by Crippen LogP contribution is 2.30. The van der Waals surface area contributed by atoms with Crippen LogP contribution in [0.1, 0.15) is 17.5 Å². The summed E-state index contributed by atoms with van der Waals surface area (Å²) < 4.78 is 10.0. The highest BCUT2D eigenvalue weighted by atomic mass is 16.5. The minimum absolute atomic E-state index is 0.188. The monoisotopic (exact) mass is 261 g/mol. The molecule has 0 atom stereocenters. The van der Waals surface area contributed by atoms with Gasteiger partial charge in [-0.25, -0.2) is 0 Å². The predicted octanol–water partition coefficient (Wildman–Crippen LogP) is 1.78. The lowest BCUT2D eigenvalue weighted by Gasteiger charge is -2.38. The Balaban J connectivity index is 1.67. The number of methoxy groups -OCH3 is 1. The predicted molar refractivity (Wildman–Crippen MR) is 72.2 cm³/mol. The molecule has 1 aromatic rings. The van der Waals surface area contributed by atoms with E-state index in [9.17, 15) is 4.79 Å². The topological polar surface area (TPSA) is 47.6 Å². The largest absolute Gasteiger partial charge is 0.468 e. The average Bonchev–Trinajstić information content (AvgIpc) is 2.84. The van der Waals surface area contributed by atoms with Gasteiger partial charge in [-0.1, -0.05) is 6.07 Å². The molecule has 3 rings (SSSR count). The Morgan fingerprint density at radius 1 is 1.37 bits per heavy atom. The molecule has 2 aliphatic rings. The van der Waals surface area contributed by atoms with Gasteiger partial charge < -0.3 is 14.8 Å². The van der Waals surface area contributed by atoms with Gasteiger partial charge in [0, 0.05) is 12.2 Å². The highest BCUT2D eigenvalue weighted by Gasteiger charge is 2.47. The molecule has 1 heterocycles. The van der Waals surface area contributed by atoms with E-state index >= 15 is 0 Å². The number of rotatable bonds is 4. The summed E-state index contributed by atoms with van der Waals surface area (Å²) in [5, 5.41) is 3.35. The third-order valence-corrected chi connectivity index (χ3v) is 4.10. The van der Waals surface area contributed by atoms with Crippen molar-refractivity contribution in [3.63, 3.8) is 0 Å². The highest BCUT2D eigenvalue weighted by molar-refractivity contribution is 5.79. The number of aryl methyl sites for hydroxylation is 2. The normalized spacial score (nSPS) is 19.4. The zero-order valence-electron chi connectivity index (χ0n) is 11.2. The number of ether oxygens (including phenoxy) is 2. The van der Waals surface area contributed by atoms with E-state index in [-0.39, 0.29) is 5.97 Å². The Hall–Kier alpha value is -1.55. The van der Waals surface area contributed by atoms with Crippen LogP contribution in [0, 0.1) is 5.41 Å². The summed E-state index contributed by atoms with van der Waals surface area (Å²) in [5.74, 6) is -0.188. The van der Waals surface area contributed by atoms with Crippen LogP contribution in [0.4, 0.5) is 5.69 Å². The van der Waals surface area contributed by atoms with Crippen molar-refractivity contribution in [2.24, 2.45) is 5.41 Å². The molecule has 0 radical (unpaired) electrons. The second-order valence-electron chi connectivity index (χ2n) is 5.46. The minimum Gasteiger partial charge on any atom is -0.468 e. The van der Waals surface area contributed by atoms with Gasteiger partial charge >= 0.3 is 5.97 Å². The van der Waals surface area contributed by atoms with Crippen molar-refractivity contribution < 1.29 is 14.3 Å². The van der Waals surface area contributed by atoms with E-state index in [1.807, 2.05) is 0 Å². The van der Waals surface area contributed by atoms with Gasteiger partial charge in [0.05, 0.1) is 20.3 Å². The first-order valence-electron chi connectivity index (χ1n) is 6.75. The number of anilines is 1. The minimum atomic E-state index is -0.506. The maximum atomic E-state index is 11.8. The van der Waals surface area contributed by atoms with Gasteiger partial charge in [-0.2, -0.15) is 0 Å². The maximum Gasteiger partial charge on any atom is 0.318 e. The van der Waals surface area contributed by atoms with E-state index in [4.69, 9.17) is 9.47 Å². The van der Waals surface area contributed by atoms with Crippen molar-refractivity contribution in [1.82, 2.24) is 0 Å². The van der Waals surface area contributed by atoms with Crippen molar-refractivity contribution in [2.45, 2.75) is 19.3 Å². The first-order valence-corrected chi connectivity index (χ1v) is 6.75. The van der Waals surface area contributed by atoms with Crippen molar-refractivity contribution in [3.05, 3.63) is 29.3 Å². The summed E-state index contributed by atoms with van der Waals surface area (Å²) in [7, 11) is 1.43. The maximum absolute atomic E-state index is 11.8. The quantitative estimate of drug-likeness (QED) is 0.839. The molecule has 102 valence electrons. The molecular formula is C15H19NO3. The van der Waals surface area contributed by atoms with E-state index < -0.39 is 5.41 Å². The van der Waals surface area contributed by atoms with Crippen LogP contribution in [0.3, 0.4) is 0 Å². The number of hydrogen-bond acceptors (Lipinski definition) is 4. The summed E-state index contributed by atoms with van der Waals surface area (Å²) in [6.45, 7) is 1.45. The molecule has 1 fully saturated rings. The molecule has 1 saturated heterocycles. The smallest absolute Gasteiger partial charge is 0.318 e. The van der Waals surface area contributed by atoms with Crippen LogP contribution < -0.4 is 5.32 Å². The van der Waals surface area contributed by atoms with Crippen LogP contribution in [0.15, 0.2) is 18.2 Å². The Bertz CT molecular complexity index is 494. The number of carbonyl (C=O) groups is 1. The Morgan fingerprint density at radius 2 is 2.16 bits per heavy atom. The third kappa shape index (κ3) is 2.21. The molecule has 4 heteroatoms. The van der Waals surface area contributed by atoms with Crippen molar-refractivity contribution in [2.75, 3.05) is 32.2 Å². The molecule has 19 heavy (non-hydrogen) atoms. The fourth-order valence-corrected chi connectivity index (χ4v) is 2.81. The Labute approximate surface area is 113 Å². The molecule has 0 aromatic heterocycles. The lowest BCUT2D eigenvalue weighted by molar-refractivity contribution is -0.180. The van der Waals surface area contributed by atoms with E-state index in [1.54, 1.807) is 0 Å². The van der Waals surface area contributed by atoms with Crippen LogP contribution in [0.25, 0.3) is 0 Å². The second-order valence-corrected chi connectivity index (χ2v) is 5.46. The van der Waals surface area contributed by atoms with Crippen LogP contribution in [-0.2, 0) is 27.1 Å². The standard InChI is InChI=1S/C15H19NO3/c1-18-14(17)15(9-19-10-15)8-16-13-6-5-11-3-2-4-12(11)7-13/h5-7,16H,2-4,8-10H2,1H3. The van der Waals surface area contributed by atoms with Gasteiger partial charge in [-0.15, -0.1) is 0 Å². The second kappa shape index (κ2) is 4.85. The van der Waals surface area contributed by atoms with Gasteiger partial charge in [0.1, 0.15) is 5.41 Å². The Morgan fingerprint density at radius 3 is 2.84 bits per heavy atom. The lowest BCUT2D eigenvalue weighted by Crippen LogP contribution is -2.54. The molecule has 4 nitrogen and oxygen atoms in total. The van der Waals surface area contributed by atoms with Gasteiger partial charge in [0.2, 0.25) is 0 Å². The first-order chi connectivity index (χ1) is 9.23. The molecule has 0 bridgehead atoms. The number of benzene rings is 1. The number of esters is 1. The molecule has 0 saturated carbocycles. The number of carbonyl (C=O) groups excluding carboxylic acids is 1. The molecule has 1 aliphatic carbocycles. The van der Waals surface area contributed by atoms with Crippen LogP contribution >= 0.6 is 0 Å². The molecular weight excluding hydrogens is 242 g/mol. The van der Waals surface area contributed by atoms with Crippen LogP contribution in [0.2, 0.25) is 0 Å². The van der Waals surface area contributed by atoms with E-state index in [2.05, 4.69) is 23.5 Å². The molecule has 0 amide bonds. The lowest BCUT2D eigenvalue weighted by atomic mass is 9.86. The Kier molecular flexibility index (Phi) is 3.19. The summed E-state index contributed by atoms with van der Waals surface area (Å²) in [5.41, 5.74) is 3.46. The van der Waals surface area contributed by atoms with Crippen LogP contribution in [-0.4, -0.2) is 32.8 Å². The number of hydrogen-bond donors (Lipinski definition) is 1. The summed E-state index contributed by atoms with van der Waals surface area (Å²) >= 11 is 0. The summed E-state index contributed by atoms with van der Waals surface area (Å²) in [6.07, 6.45) is 3.60. The van der Waals surface area contributed by atoms with Gasteiger partial charge in [0.25, 0.3) is 0 Å². The van der Waals surface area contributed by atoms with Crippen LogP contribution in [0.5, 0.6) is 0 Å². The van der Waals surface area contributed by atoms with Crippen molar-refractivity contribution >= 4 is 11.7 Å². The van der Waals surface area contributed by atoms with E-state index in [1.165, 1.54) is 31.1 Å². The molecule has 0 spiro atoms. The van der Waals surface area contributed by atoms with Crippen molar-refractivity contribution in [1.29, 1.82) is 0 Å². The zero-order valence-corrected chi connectivity index (χ0v) is 11.2. The van der Waals surface area contributed by atoms with E-state index in [0.29, 0.717) is 19.8 Å². The molecule has 1 N–H and O–H groups in total. The molecule has 1 aromatic carbocycles. The van der Waals surface area contributed by atoms with Gasteiger partial charge in [-0.3, -0.25) is 4.79 Å². The molecule has 1 aliphatic heterocycles. The van der Waals surface area contributed by atoms with Gasteiger partial charge in [0.15, 0.2) is 0 Å². The fourth-order valence-electron chi connectivity index (χ4n) is 2.81. The third-order valence-electron chi connectivity index (χ3n) is 4.10. The fraction of sp³-hybridized carbons (Fsp3) is 0.533. The summed E-state index contributed by atoms with van der Waals surface area (Å²) in [6, 6.07) is 6.48. The SMILES string of the molecule is COC(=O)C1(CNc2ccc3c(c2)CCC3)COC1. The summed E-state index contributed by atoms with van der Waals surface area (Å²) in [4.78, 5) is 11.8. The van der Waals surface area contributed by atoms with E-state index in [0.717, 1.165) is 12.1 Å². The van der Waals surface area contributed by atoms with Crippen molar-refractivity contribution in [3.8, 4) is 0 Å².